The van der Waals surface area contributed by atoms with Crippen LogP contribution in [0.15, 0.2) is 12.3 Å². The molecule has 4 heteroatoms. The molecule has 0 radical (unpaired) electrons. The molecule has 2 N–H and O–H groups in total. The molecule has 1 rings (SSSR count). The summed E-state index contributed by atoms with van der Waals surface area (Å²) >= 11 is 0. The molecule has 0 unspecified atom stereocenters. The predicted molar refractivity (Wildman–Crippen MR) is 38.3 cm³/mol. The van der Waals surface area contributed by atoms with Gasteiger partial charge in [0.25, 0.3) is 6.43 Å². The summed E-state index contributed by atoms with van der Waals surface area (Å²) in [5.74, 6) is 0. The van der Waals surface area contributed by atoms with E-state index in [0.717, 1.165) is 0 Å². The lowest BCUT2D eigenvalue weighted by molar-refractivity contribution is 0.145. The van der Waals surface area contributed by atoms with Crippen molar-refractivity contribution in [3.05, 3.63) is 23.5 Å². The van der Waals surface area contributed by atoms with Crippen molar-refractivity contribution >= 4 is 5.69 Å². The van der Waals surface area contributed by atoms with Crippen LogP contribution in [0.3, 0.4) is 0 Å². The van der Waals surface area contributed by atoms with Gasteiger partial charge in [-0.05, 0) is 18.6 Å². The van der Waals surface area contributed by atoms with E-state index in [4.69, 9.17) is 5.73 Å². The summed E-state index contributed by atoms with van der Waals surface area (Å²) < 4.78 is 24.2. The van der Waals surface area contributed by atoms with Crippen LogP contribution in [0.1, 0.15) is 17.7 Å². The Balaban J connectivity index is 3.17. The van der Waals surface area contributed by atoms with Gasteiger partial charge in [-0.1, -0.05) is 0 Å². The van der Waals surface area contributed by atoms with Crippen LogP contribution in [0, 0.1) is 6.92 Å². The lowest BCUT2D eigenvalue weighted by atomic mass is 10.2. The summed E-state index contributed by atoms with van der Waals surface area (Å²) in [4.78, 5) is 3.51. The van der Waals surface area contributed by atoms with Gasteiger partial charge in [0.2, 0.25) is 0 Å². The number of hydrogen-bond acceptors (Lipinski definition) is 2. The molecule has 11 heavy (non-hydrogen) atoms. The molecule has 0 aliphatic rings. The van der Waals surface area contributed by atoms with Crippen molar-refractivity contribution in [3.8, 4) is 0 Å². The molecule has 60 valence electrons. The molecule has 0 atom stereocenters. The van der Waals surface area contributed by atoms with E-state index in [9.17, 15) is 8.78 Å². The summed E-state index contributed by atoms with van der Waals surface area (Å²) in [7, 11) is 0. The van der Waals surface area contributed by atoms with Crippen LogP contribution in [-0.4, -0.2) is 4.98 Å². The van der Waals surface area contributed by atoms with Crippen LogP contribution < -0.4 is 5.73 Å². The highest BCUT2D eigenvalue weighted by Gasteiger charge is 2.12. The monoisotopic (exact) mass is 158 g/mol. The average molecular weight is 158 g/mol. The van der Waals surface area contributed by atoms with E-state index < -0.39 is 6.43 Å². The zero-order chi connectivity index (χ0) is 8.43. The van der Waals surface area contributed by atoms with Crippen molar-refractivity contribution in [3.63, 3.8) is 0 Å². The largest absolute Gasteiger partial charge is 0.398 e. The Kier molecular flexibility index (Phi) is 2.03. The Morgan fingerprint density at radius 1 is 1.55 bits per heavy atom. The molecule has 1 heterocycles. The Morgan fingerprint density at radius 2 is 2.18 bits per heavy atom. The first-order valence-corrected chi connectivity index (χ1v) is 3.12. The third-order valence-corrected chi connectivity index (χ3v) is 1.49. The first-order valence-electron chi connectivity index (χ1n) is 3.12. The smallest absolute Gasteiger partial charge is 0.280 e. The van der Waals surface area contributed by atoms with E-state index in [1.54, 1.807) is 0 Å². The second-order valence-electron chi connectivity index (χ2n) is 2.21. The standard InChI is InChI=1S/C7H8F2N2/c1-4-5(10)2-3-11-6(4)7(8)9/h2-3,7H,1H3,(H2,10,11). The molecule has 0 saturated carbocycles. The molecule has 0 aromatic carbocycles. The van der Waals surface area contributed by atoms with Gasteiger partial charge in [-0.3, -0.25) is 4.98 Å². The van der Waals surface area contributed by atoms with Gasteiger partial charge in [-0.2, -0.15) is 0 Å². The van der Waals surface area contributed by atoms with Crippen LogP contribution in [0.5, 0.6) is 0 Å². The van der Waals surface area contributed by atoms with Gasteiger partial charge in [0.1, 0.15) is 5.69 Å². The van der Waals surface area contributed by atoms with Crippen LogP contribution in [0.25, 0.3) is 0 Å². The summed E-state index contributed by atoms with van der Waals surface area (Å²) in [5, 5.41) is 0. The fourth-order valence-electron chi connectivity index (χ4n) is 0.788. The number of nitrogens with two attached hydrogens (primary N) is 1. The van der Waals surface area contributed by atoms with Crippen LogP contribution >= 0.6 is 0 Å². The number of nitrogens with zero attached hydrogens (tertiary/aromatic N) is 1. The topological polar surface area (TPSA) is 38.9 Å². The third-order valence-electron chi connectivity index (χ3n) is 1.49. The van der Waals surface area contributed by atoms with Crippen LogP contribution in [0.2, 0.25) is 0 Å². The van der Waals surface area contributed by atoms with E-state index in [2.05, 4.69) is 4.98 Å². The van der Waals surface area contributed by atoms with Crippen molar-refractivity contribution in [1.29, 1.82) is 0 Å². The highest BCUT2D eigenvalue weighted by Crippen LogP contribution is 2.22. The normalized spacial score (nSPS) is 10.5. The van der Waals surface area contributed by atoms with E-state index in [-0.39, 0.29) is 5.69 Å². The van der Waals surface area contributed by atoms with Gasteiger partial charge in [0.05, 0.1) is 0 Å². The second-order valence-corrected chi connectivity index (χ2v) is 2.21. The molecule has 0 spiro atoms. The highest BCUT2D eigenvalue weighted by molar-refractivity contribution is 5.47. The van der Waals surface area contributed by atoms with Crippen molar-refractivity contribution in [1.82, 2.24) is 4.98 Å². The molecule has 0 fully saturated rings. The molecule has 2 nitrogen and oxygen atoms in total. The summed E-state index contributed by atoms with van der Waals surface area (Å²) in [5.41, 5.74) is 5.87. The van der Waals surface area contributed by atoms with Gasteiger partial charge in [0, 0.05) is 11.9 Å². The van der Waals surface area contributed by atoms with Gasteiger partial charge in [-0.25, -0.2) is 8.78 Å². The van der Waals surface area contributed by atoms with Crippen molar-refractivity contribution in [2.24, 2.45) is 0 Å². The Hall–Kier alpha value is -1.19. The fraction of sp³-hybridized carbons (Fsp3) is 0.286. The quantitative estimate of drug-likeness (QED) is 0.678. The Morgan fingerprint density at radius 3 is 2.64 bits per heavy atom. The maximum atomic E-state index is 12.1. The lowest BCUT2D eigenvalue weighted by Crippen LogP contribution is -1.98. The zero-order valence-electron chi connectivity index (χ0n) is 6.01. The molecule has 1 aromatic rings. The predicted octanol–water partition coefficient (Wildman–Crippen LogP) is 1.91. The zero-order valence-corrected chi connectivity index (χ0v) is 6.01. The summed E-state index contributed by atoms with van der Waals surface area (Å²) in [6, 6.07) is 1.50. The number of hydrogen-bond donors (Lipinski definition) is 1. The van der Waals surface area contributed by atoms with E-state index >= 15 is 0 Å². The number of aromatic nitrogens is 1. The molecule has 0 amide bonds. The Labute approximate surface area is 63.1 Å². The Bertz CT molecular complexity index is 261. The molecule has 0 aliphatic carbocycles. The molecular weight excluding hydrogens is 150 g/mol. The maximum absolute atomic E-state index is 12.1. The van der Waals surface area contributed by atoms with E-state index in [1.165, 1.54) is 19.2 Å². The lowest BCUT2D eigenvalue weighted by Gasteiger charge is -2.04. The van der Waals surface area contributed by atoms with Crippen molar-refractivity contribution in [2.75, 3.05) is 5.73 Å². The SMILES string of the molecule is Cc1c(N)ccnc1C(F)F. The van der Waals surface area contributed by atoms with Gasteiger partial charge in [0.15, 0.2) is 0 Å². The molecule has 0 aliphatic heterocycles. The first kappa shape index (κ1) is 7.91. The van der Waals surface area contributed by atoms with Crippen LogP contribution in [0.4, 0.5) is 14.5 Å². The fourth-order valence-corrected chi connectivity index (χ4v) is 0.788. The average Bonchev–Trinajstić information content (AvgIpc) is 1.94. The minimum atomic E-state index is -2.54. The summed E-state index contributed by atoms with van der Waals surface area (Å²) in [6.45, 7) is 1.53. The van der Waals surface area contributed by atoms with Gasteiger partial charge < -0.3 is 5.73 Å². The van der Waals surface area contributed by atoms with E-state index in [1.807, 2.05) is 0 Å². The van der Waals surface area contributed by atoms with Crippen molar-refractivity contribution < 1.29 is 8.78 Å². The number of pyridine rings is 1. The highest BCUT2D eigenvalue weighted by atomic mass is 19.3. The minimum absolute atomic E-state index is 0.231. The molecular formula is C7H8F2N2. The minimum Gasteiger partial charge on any atom is -0.398 e. The number of halogens is 2. The number of rotatable bonds is 1. The molecule has 0 bridgehead atoms. The number of nitrogen functional groups attached to an aromatic ring is 1. The molecule has 0 saturated heterocycles. The summed E-state index contributed by atoms with van der Waals surface area (Å²) in [6.07, 6.45) is -1.26. The maximum Gasteiger partial charge on any atom is 0.280 e. The molecule has 1 aromatic heterocycles. The van der Waals surface area contributed by atoms with E-state index in [0.29, 0.717) is 11.3 Å². The van der Waals surface area contributed by atoms with Gasteiger partial charge in [-0.15, -0.1) is 0 Å². The van der Waals surface area contributed by atoms with Gasteiger partial charge >= 0.3 is 0 Å². The second kappa shape index (κ2) is 2.82. The number of alkyl halides is 2. The first-order chi connectivity index (χ1) is 5.13. The number of anilines is 1. The third kappa shape index (κ3) is 1.45. The van der Waals surface area contributed by atoms with Crippen molar-refractivity contribution in [2.45, 2.75) is 13.3 Å². The van der Waals surface area contributed by atoms with Crippen LogP contribution in [-0.2, 0) is 0 Å².